The molecule has 0 aromatic heterocycles. The second-order valence-electron chi connectivity index (χ2n) is 3.23. The first-order valence-electron chi connectivity index (χ1n) is 4.88. The lowest BCUT2D eigenvalue weighted by molar-refractivity contribution is -0.118. The van der Waals surface area contributed by atoms with Gasteiger partial charge in [-0.1, -0.05) is 31.9 Å². The number of ketones is 1. The van der Waals surface area contributed by atoms with Gasteiger partial charge in [-0.2, -0.15) is 0 Å². The fourth-order valence-electron chi connectivity index (χ4n) is 1.15. The van der Waals surface area contributed by atoms with Crippen LogP contribution < -0.4 is 0 Å². The second-order valence-corrected chi connectivity index (χ2v) is 3.23. The van der Waals surface area contributed by atoms with Crippen molar-refractivity contribution in [2.75, 3.05) is 0 Å². The molecule has 0 atom stereocenters. The largest absolute Gasteiger partial charge is 0.300 e. The van der Waals surface area contributed by atoms with Crippen molar-refractivity contribution >= 4 is 5.78 Å². The Bertz CT molecular complexity index is 156. The Labute approximate surface area is 75.9 Å². The maximum absolute atomic E-state index is 10.9. The van der Waals surface area contributed by atoms with Crippen molar-refractivity contribution in [1.82, 2.24) is 0 Å². The first-order chi connectivity index (χ1) is 5.70. The number of hydrogen-bond acceptors (Lipinski definition) is 1. The van der Waals surface area contributed by atoms with Gasteiger partial charge in [0.15, 0.2) is 0 Å². The highest BCUT2D eigenvalue weighted by Gasteiger charge is 1.95. The molecule has 0 spiro atoms. The van der Waals surface area contributed by atoms with E-state index >= 15 is 0 Å². The van der Waals surface area contributed by atoms with Gasteiger partial charge in [0.25, 0.3) is 0 Å². The molecule has 0 unspecified atom stereocenters. The third kappa shape index (κ3) is 6.14. The average molecular weight is 168 g/mol. The van der Waals surface area contributed by atoms with Crippen LogP contribution in [0.2, 0.25) is 0 Å². The van der Waals surface area contributed by atoms with E-state index in [0.29, 0.717) is 12.2 Å². The van der Waals surface area contributed by atoms with Gasteiger partial charge >= 0.3 is 0 Å². The summed E-state index contributed by atoms with van der Waals surface area (Å²) in [6.07, 6.45) is 6.89. The molecule has 1 nitrogen and oxygen atoms in total. The Balaban J connectivity index is 3.52. The van der Waals surface area contributed by atoms with Crippen LogP contribution in [-0.2, 0) is 4.79 Å². The van der Waals surface area contributed by atoms with E-state index in [4.69, 9.17) is 0 Å². The molecule has 0 amide bonds. The molecule has 0 rings (SSSR count). The van der Waals surface area contributed by atoms with E-state index in [-0.39, 0.29) is 0 Å². The molecule has 0 fully saturated rings. The molecule has 12 heavy (non-hydrogen) atoms. The summed E-state index contributed by atoms with van der Waals surface area (Å²) in [5.41, 5.74) is 1.42. The fraction of sp³-hybridized carbons (Fsp3) is 0.727. The smallest absolute Gasteiger partial charge is 0.132 e. The maximum atomic E-state index is 10.9. The van der Waals surface area contributed by atoms with Crippen molar-refractivity contribution in [3.8, 4) is 0 Å². The average Bonchev–Trinajstić information content (AvgIpc) is 2.04. The van der Waals surface area contributed by atoms with Gasteiger partial charge in [0, 0.05) is 12.8 Å². The summed E-state index contributed by atoms with van der Waals surface area (Å²) in [4.78, 5) is 10.9. The summed E-state index contributed by atoms with van der Waals surface area (Å²) in [6.45, 7) is 6.24. The number of allylic oxidation sites excluding steroid dienone is 2. The van der Waals surface area contributed by atoms with E-state index in [0.717, 1.165) is 12.8 Å². The molecule has 0 N–H and O–H groups in total. The lowest BCUT2D eigenvalue weighted by Gasteiger charge is -1.97. The van der Waals surface area contributed by atoms with Gasteiger partial charge in [-0.15, -0.1) is 0 Å². The number of rotatable bonds is 6. The third-order valence-corrected chi connectivity index (χ3v) is 1.95. The van der Waals surface area contributed by atoms with Gasteiger partial charge in [-0.3, -0.25) is 4.79 Å². The van der Waals surface area contributed by atoms with Gasteiger partial charge in [0.1, 0.15) is 5.78 Å². The van der Waals surface area contributed by atoms with Crippen LogP contribution in [0.1, 0.15) is 52.9 Å². The van der Waals surface area contributed by atoms with Crippen molar-refractivity contribution in [1.29, 1.82) is 0 Å². The zero-order chi connectivity index (χ0) is 9.40. The highest BCUT2D eigenvalue weighted by Crippen LogP contribution is 2.06. The van der Waals surface area contributed by atoms with E-state index < -0.39 is 0 Å². The van der Waals surface area contributed by atoms with E-state index in [9.17, 15) is 4.79 Å². The highest BCUT2D eigenvalue weighted by molar-refractivity contribution is 5.78. The zero-order valence-electron chi connectivity index (χ0n) is 8.52. The summed E-state index contributed by atoms with van der Waals surface area (Å²) < 4.78 is 0. The summed E-state index contributed by atoms with van der Waals surface area (Å²) in [7, 11) is 0. The summed E-state index contributed by atoms with van der Waals surface area (Å²) >= 11 is 0. The van der Waals surface area contributed by atoms with Crippen LogP contribution in [0.5, 0.6) is 0 Å². The van der Waals surface area contributed by atoms with Crippen molar-refractivity contribution < 1.29 is 4.79 Å². The Morgan fingerprint density at radius 3 is 2.42 bits per heavy atom. The van der Waals surface area contributed by atoms with Crippen molar-refractivity contribution in [3.63, 3.8) is 0 Å². The topological polar surface area (TPSA) is 17.1 Å². The highest BCUT2D eigenvalue weighted by atomic mass is 16.1. The molecule has 0 bridgehead atoms. The van der Waals surface area contributed by atoms with Crippen LogP contribution in [0.25, 0.3) is 0 Å². The van der Waals surface area contributed by atoms with Crippen LogP contribution in [0, 0.1) is 0 Å². The minimum atomic E-state index is 0.371. The summed E-state index contributed by atoms with van der Waals surface area (Å²) in [5.74, 6) is 0.371. The van der Waals surface area contributed by atoms with Crippen LogP contribution in [0.4, 0.5) is 0 Å². The third-order valence-electron chi connectivity index (χ3n) is 1.95. The molecular formula is C11H20O. The minimum absolute atomic E-state index is 0.371. The number of carbonyl (C=O) groups excluding carboxylic acids is 1. The normalized spacial score (nSPS) is 11.8. The van der Waals surface area contributed by atoms with E-state index in [1.54, 1.807) is 0 Å². The van der Waals surface area contributed by atoms with Gasteiger partial charge in [-0.05, 0) is 19.8 Å². The number of hydrogen-bond donors (Lipinski definition) is 0. The Kier molecular flexibility index (Phi) is 6.73. The van der Waals surface area contributed by atoms with Gasteiger partial charge in [0.2, 0.25) is 0 Å². The Morgan fingerprint density at radius 2 is 1.92 bits per heavy atom. The molecule has 1 heteroatoms. The van der Waals surface area contributed by atoms with Crippen molar-refractivity contribution in [3.05, 3.63) is 11.6 Å². The molecule has 0 aliphatic carbocycles. The molecule has 0 heterocycles. The van der Waals surface area contributed by atoms with Crippen LogP contribution in [-0.4, -0.2) is 5.78 Å². The lowest BCUT2D eigenvalue weighted by Crippen LogP contribution is -1.92. The van der Waals surface area contributed by atoms with Gasteiger partial charge < -0.3 is 0 Å². The maximum Gasteiger partial charge on any atom is 0.132 e. The first kappa shape index (κ1) is 11.4. The van der Waals surface area contributed by atoms with Crippen LogP contribution >= 0.6 is 0 Å². The van der Waals surface area contributed by atoms with E-state index in [1.807, 2.05) is 6.92 Å². The predicted molar refractivity (Wildman–Crippen MR) is 53.2 cm³/mol. The standard InChI is InChI=1S/C11H20O/c1-4-7-10(3)8-6-9-11(12)5-2/h8H,4-7,9H2,1-3H3/b10-8+. The predicted octanol–water partition coefficient (Wildman–Crippen LogP) is 3.49. The van der Waals surface area contributed by atoms with E-state index in [2.05, 4.69) is 19.9 Å². The molecule has 0 radical (unpaired) electrons. The SMILES string of the molecule is CCC/C(C)=C/CCC(=O)CC. The molecule has 70 valence electrons. The Morgan fingerprint density at radius 1 is 1.25 bits per heavy atom. The van der Waals surface area contributed by atoms with Crippen molar-refractivity contribution in [2.45, 2.75) is 52.9 Å². The molecule has 0 aromatic carbocycles. The molecular weight excluding hydrogens is 148 g/mol. The molecule has 0 aliphatic heterocycles. The Hall–Kier alpha value is -0.590. The molecule has 0 aliphatic rings. The van der Waals surface area contributed by atoms with Crippen LogP contribution in [0.3, 0.4) is 0 Å². The monoisotopic (exact) mass is 168 g/mol. The number of carbonyl (C=O) groups is 1. The molecule has 0 saturated heterocycles. The van der Waals surface area contributed by atoms with E-state index in [1.165, 1.54) is 18.4 Å². The summed E-state index contributed by atoms with van der Waals surface area (Å²) in [6, 6.07) is 0. The van der Waals surface area contributed by atoms with Crippen molar-refractivity contribution in [2.24, 2.45) is 0 Å². The molecule has 0 saturated carbocycles. The molecule has 0 aromatic rings. The fourth-order valence-corrected chi connectivity index (χ4v) is 1.15. The number of Topliss-reactive ketones (excluding diaryl/α,β-unsaturated/α-hetero) is 1. The summed E-state index contributed by atoms with van der Waals surface area (Å²) in [5, 5.41) is 0. The van der Waals surface area contributed by atoms with Gasteiger partial charge in [0.05, 0.1) is 0 Å². The second kappa shape index (κ2) is 7.08. The quantitative estimate of drug-likeness (QED) is 0.555. The van der Waals surface area contributed by atoms with Crippen LogP contribution in [0.15, 0.2) is 11.6 Å². The minimum Gasteiger partial charge on any atom is -0.300 e. The lowest BCUT2D eigenvalue weighted by atomic mass is 10.1. The zero-order valence-corrected chi connectivity index (χ0v) is 8.52. The van der Waals surface area contributed by atoms with Gasteiger partial charge in [-0.25, -0.2) is 0 Å². The first-order valence-corrected chi connectivity index (χ1v) is 4.88.